The zero-order chi connectivity index (χ0) is 13.7. The molecular weight excluding hydrogens is 238 g/mol. The maximum Gasteiger partial charge on any atom is 0.207 e. The highest BCUT2D eigenvalue weighted by Gasteiger charge is 2.10. The molecule has 0 aliphatic carbocycles. The molecule has 0 saturated heterocycles. The van der Waals surface area contributed by atoms with Gasteiger partial charge in [0, 0.05) is 6.54 Å². The molecule has 1 aromatic heterocycles. The van der Waals surface area contributed by atoms with E-state index >= 15 is 0 Å². The Labute approximate surface area is 112 Å². The highest BCUT2D eigenvalue weighted by atomic mass is 15.5. The third kappa shape index (κ3) is 2.91. The molecule has 1 N–H and O–H groups in total. The van der Waals surface area contributed by atoms with Gasteiger partial charge >= 0.3 is 0 Å². The van der Waals surface area contributed by atoms with Crippen LogP contribution in [-0.2, 0) is 6.42 Å². The Morgan fingerprint density at radius 2 is 1.95 bits per heavy atom. The van der Waals surface area contributed by atoms with Crippen LogP contribution in [0.3, 0.4) is 0 Å². The molecule has 0 saturated carbocycles. The van der Waals surface area contributed by atoms with Gasteiger partial charge in [0.2, 0.25) is 5.69 Å². The molecule has 0 atom stereocenters. The van der Waals surface area contributed by atoms with Crippen molar-refractivity contribution in [3.8, 4) is 11.8 Å². The number of rotatable bonds is 5. The van der Waals surface area contributed by atoms with E-state index in [4.69, 9.17) is 5.26 Å². The standard InChI is InChI=1S/C14H17N5/c1-3-9-16-14-13(10-15)17-19(18-14)12-7-5-11(4-2)6-8-12/h5-8H,3-4,9H2,1-2H3,(H,16,18). The Kier molecular flexibility index (Phi) is 4.14. The third-order valence-corrected chi connectivity index (χ3v) is 2.84. The average Bonchev–Trinajstić information content (AvgIpc) is 2.88. The van der Waals surface area contributed by atoms with Crippen LogP contribution in [0.2, 0.25) is 0 Å². The van der Waals surface area contributed by atoms with Gasteiger partial charge < -0.3 is 5.32 Å². The summed E-state index contributed by atoms with van der Waals surface area (Å²) in [5, 5.41) is 20.7. The van der Waals surface area contributed by atoms with Crippen LogP contribution in [0.5, 0.6) is 0 Å². The lowest BCUT2D eigenvalue weighted by Gasteiger charge is -2.01. The maximum atomic E-state index is 9.05. The van der Waals surface area contributed by atoms with Crippen molar-refractivity contribution in [3.63, 3.8) is 0 Å². The van der Waals surface area contributed by atoms with Crippen molar-refractivity contribution in [2.45, 2.75) is 26.7 Å². The monoisotopic (exact) mass is 255 g/mol. The second-order valence-corrected chi connectivity index (χ2v) is 4.25. The van der Waals surface area contributed by atoms with Crippen LogP contribution in [-0.4, -0.2) is 21.5 Å². The number of aryl methyl sites for hydroxylation is 1. The van der Waals surface area contributed by atoms with Crippen molar-refractivity contribution in [1.82, 2.24) is 15.0 Å². The maximum absolute atomic E-state index is 9.05. The lowest BCUT2D eigenvalue weighted by atomic mass is 10.2. The topological polar surface area (TPSA) is 66.5 Å². The molecule has 19 heavy (non-hydrogen) atoms. The van der Waals surface area contributed by atoms with Crippen LogP contribution >= 0.6 is 0 Å². The third-order valence-electron chi connectivity index (χ3n) is 2.84. The number of hydrogen-bond donors (Lipinski definition) is 1. The quantitative estimate of drug-likeness (QED) is 0.891. The van der Waals surface area contributed by atoms with Gasteiger partial charge in [-0.25, -0.2) is 0 Å². The van der Waals surface area contributed by atoms with Gasteiger partial charge in [0.1, 0.15) is 6.07 Å². The summed E-state index contributed by atoms with van der Waals surface area (Å²) in [5.74, 6) is 0.545. The van der Waals surface area contributed by atoms with Gasteiger partial charge in [-0.3, -0.25) is 0 Å². The molecule has 0 amide bonds. The smallest absolute Gasteiger partial charge is 0.207 e. The second kappa shape index (κ2) is 6.01. The zero-order valence-corrected chi connectivity index (χ0v) is 11.2. The molecule has 0 fully saturated rings. The zero-order valence-electron chi connectivity index (χ0n) is 11.2. The molecule has 0 aliphatic heterocycles. The van der Waals surface area contributed by atoms with Gasteiger partial charge in [-0.1, -0.05) is 26.0 Å². The van der Waals surface area contributed by atoms with E-state index in [1.807, 2.05) is 24.3 Å². The number of anilines is 1. The SMILES string of the molecule is CCCNc1nn(-c2ccc(CC)cc2)nc1C#N. The number of hydrogen-bond acceptors (Lipinski definition) is 4. The van der Waals surface area contributed by atoms with E-state index in [0.717, 1.165) is 25.1 Å². The van der Waals surface area contributed by atoms with Gasteiger partial charge in [0.15, 0.2) is 5.82 Å². The van der Waals surface area contributed by atoms with Crippen LogP contribution < -0.4 is 5.32 Å². The fraction of sp³-hybridized carbons (Fsp3) is 0.357. The minimum Gasteiger partial charge on any atom is -0.366 e. The van der Waals surface area contributed by atoms with E-state index in [9.17, 15) is 0 Å². The van der Waals surface area contributed by atoms with Crippen molar-refractivity contribution in [3.05, 3.63) is 35.5 Å². The Morgan fingerprint density at radius 1 is 1.21 bits per heavy atom. The Bertz CT molecular complexity index is 577. The highest BCUT2D eigenvalue weighted by molar-refractivity contribution is 5.47. The summed E-state index contributed by atoms with van der Waals surface area (Å²) in [6.07, 6.45) is 1.97. The highest BCUT2D eigenvalue weighted by Crippen LogP contribution is 2.13. The molecule has 98 valence electrons. The molecule has 5 nitrogen and oxygen atoms in total. The molecule has 0 radical (unpaired) electrons. The first kappa shape index (κ1) is 13.1. The summed E-state index contributed by atoms with van der Waals surface area (Å²) in [6, 6.07) is 10.1. The van der Waals surface area contributed by atoms with Gasteiger partial charge in [0.05, 0.1) is 5.69 Å². The molecule has 0 aliphatic rings. The number of nitrogens with zero attached hydrogens (tertiary/aromatic N) is 4. The summed E-state index contributed by atoms with van der Waals surface area (Å²) in [4.78, 5) is 1.50. The van der Waals surface area contributed by atoms with Crippen molar-refractivity contribution in [1.29, 1.82) is 5.26 Å². The molecular formula is C14H17N5. The first-order valence-corrected chi connectivity index (χ1v) is 6.49. The minimum atomic E-state index is 0.327. The van der Waals surface area contributed by atoms with Crippen molar-refractivity contribution >= 4 is 5.82 Å². The first-order chi connectivity index (χ1) is 9.28. The normalized spacial score (nSPS) is 10.2. The fourth-order valence-electron chi connectivity index (χ4n) is 1.72. The Hall–Kier alpha value is -2.35. The van der Waals surface area contributed by atoms with Crippen LogP contribution in [0.4, 0.5) is 5.82 Å². The van der Waals surface area contributed by atoms with E-state index in [-0.39, 0.29) is 0 Å². The second-order valence-electron chi connectivity index (χ2n) is 4.25. The van der Waals surface area contributed by atoms with Gasteiger partial charge in [-0.2, -0.15) is 5.26 Å². The summed E-state index contributed by atoms with van der Waals surface area (Å²) >= 11 is 0. The van der Waals surface area contributed by atoms with Crippen molar-refractivity contribution in [2.75, 3.05) is 11.9 Å². The molecule has 1 aromatic carbocycles. The lowest BCUT2D eigenvalue weighted by Crippen LogP contribution is -2.03. The van der Waals surface area contributed by atoms with E-state index in [1.165, 1.54) is 10.4 Å². The molecule has 0 bridgehead atoms. The van der Waals surface area contributed by atoms with Crippen LogP contribution in [0, 0.1) is 11.3 Å². The van der Waals surface area contributed by atoms with E-state index in [0.29, 0.717) is 11.5 Å². The van der Waals surface area contributed by atoms with Gasteiger partial charge in [-0.15, -0.1) is 15.0 Å². The average molecular weight is 255 g/mol. The van der Waals surface area contributed by atoms with E-state index in [2.05, 4.69) is 35.4 Å². The van der Waals surface area contributed by atoms with Crippen LogP contribution in [0.25, 0.3) is 5.69 Å². The Balaban J connectivity index is 2.29. The summed E-state index contributed by atoms with van der Waals surface area (Å²) < 4.78 is 0. The Morgan fingerprint density at radius 3 is 2.53 bits per heavy atom. The predicted octanol–water partition coefficient (Wildman–Crippen LogP) is 2.52. The molecule has 5 heteroatoms. The summed E-state index contributed by atoms with van der Waals surface area (Å²) in [5.41, 5.74) is 2.45. The largest absolute Gasteiger partial charge is 0.366 e. The molecule has 2 aromatic rings. The number of benzene rings is 1. The van der Waals surface area contributed by atoms with Crippen molar-refractivity contribution < 1.29 is 0 Å². The van der Waals surface area contributed by atoms with Gasteiger partial charge in [-0.05, 0) is 30.5 Å². The van der Waals surface area contributed by atoms with Gasteiger partial charge in [0.25, 0.3) is 0 Å². The van der Waals surface area contributed by atoms with E-state index in [1.54, 1.807) is 0 Å². The lowest BCUT2D eigenvalue weighted by molar-refractivity contribution is 0.749. The molecule has 2 rings (SSSR count). The summed E-state index contributed by atoms with van der Waals surface area (Å²) in [6.45, 7) is 4.96. The number of nitrogens with one attached hydrogen (secondary N) is 1. The molecule has 0 unspecified atom stereocenters. The van der Waals surface area contributed by atoms with Crippen molar-refractivity contribution in [2.24, 2.45) is 0 Å². The predicted molar refractivity (Wildman–Crippen MR) is 74.2 cm³/mol. The first-order valence-electron chi connectivity index (χ1n) is 6.49. The molecule has 0 spiro atoms. The van der Waals surface area contributed by atoms with E-state index < -0.39 is 0 Å². The summed E-state index contributed by atoms with van der Waals surface area (Å²) in [7, 11) is 0. The van der Waals surface area contributed by atoms with Crippen LogP contribution in [0.15, 0.2) is 24.3 Å². The van der Waals surface area contributed by atoms with Crippen LogP contribution in [0.1, 0.15) is 31.5 Å². The fourth-order valence-corrected chi connectivity index (χ4v) is 1.72. The molecule has 1 heterocycles. The minimum absolute atomic E-state index is 0.327. The number of nitriles is 1. The number of aromatic nitrogens is 3.